The molecule has 0 aliphatic carbocycles. The number of nitrogens with one attached hydrogen (secondary N) is 1. The van der Waals surface area contributed by atoms with Crippen LogP contribution in [0.5, 0.6) is 0 Å². The second kappa shape index (κ2) is 5.45. The molecule has 0 fully saturated rings. The Hall–Kier alpha value is -1.80. The number of carbonyl (C=O) groups excluding carboxylic acids is 1. The first kappa shape index (κ1) is 13.6. The van der Waals surface area contributed by atoms with E-state index < -0.39 is 16.6 Å². The van der Waals surface area contributed by atoms with Gasteiger partial charge in [-0.2, -0.15) is 0 Å². The zero-order chi connectivity index (χ0) is 14.0. The van der Waals surface area contributed by atoms with Crippen LogP contribution in [0.25, 0.3) is 0 Å². The minimum atomic E-state index is -0.570. The Balaban J connectivity index is 2.20. The van der Waals surface area contributed by atoms with Gasteiger partial charge in [0.25, 0.3) is 5.91 Å². The number of rotatable bonds is 3. The van der Waals surface area contributed by atoms with Crippen LogP contribution in [0.4, 0.5) is 15.1 Å². The van der Waals surface area contributed by atoms with Crippen LogP contribution in [0, 0.1) is 15.9 Å². The molecule has 1 N–H and O–H groups in total. The SMILES string of the molecule is O=C(Nc1cc(F)ccc1Br)c1ccc([N+](=O)[O-])s1. The molecule has 0 aliphatic heterocycles. The smallest absolute Gasteiger partial charge is 0.320 e. The minimum absolute atomic E-state index is 0.122. The monoisotopic (exact) mass is 344 g/mol. The molecule has 0 unspecified atom stereocenters. The van der Waals surface area contributed by atoms with E-state index in [1.165, 1.54) is 24.3 Å². The Morgan fingerprint density at radius 2 is 2.11 bits per heavy atom. The van der Waals surface area contributed by atoms with Crippen molar-refractivity contribution in [1.82, 2.24) is 0 Å². The molecule has 0 atom stereocenters. The van der Waals surface area contributed by atoms with Gasteiger partial charge in [0.2, 0.25) is 0 Å². The van der Waals surface area contributed by atoms with E-state index >= 15 is 0 Å². The Kier molecular flexibility index (Phi) is 3.91. The number of nitrogens with zero attached hydrogens (tertiary/aromatic N) is 1. The van der Waals surface area contributed by atoms with Crippen molar-refractivity contribution in [1.29, 1.82) is 0 Å². The molecule has 2 aromatic rings. The molecule has 98 valence electrons. The Labute approximate surface area is 119 Å². The van der Waals surface area contributed by atoms with Gasteiger partial charge < -0.3 is 5.32 Å². The predicted octanol–water partition coefficient (Wildman–Crippen LogP) is 3.81. The van der Waals surface area contributed by atoms with E-state index in [2.05, 4.69) is 21.2 Å². The number of hydrogen-bond donors (Lipinski definition) is 1. The Morgan fingerprint density at radius 3 is 2.74 bits per heavy atom. The molecule has 5 nitrogen and oxygen atoms in total. The fourth-order valence-corrected chi connectivity index (χ4v) is 2.39. The summed E-state index contributed by atoms with van der Waals surface area (Å²) in [5.74, 6) is -1.01. The molecule has 1 amide bonds. The van der Waals surface area contributed by atoms with Gasteiger partial charge in [-0.25, -0.2) is 4.39 Å². The zero-order valence-corrected chi connectivity index (χ0v) is 11.6. The molecule has 1 heterocycles. The summed E-state index contributed by atoms with van der Waals surface area (Å²) in [6.45, 7) is 0. The largest absolute Gasteiger partial charge is 0.324 e. The lowest BCUT2D eigenvalue weighted by molar-refractivity contribution is -0.380. The molecule has 1 aromatic heterocycles. The van der Waals surface area contributed by atoms with Gasteiger partial charge >= 0.3 is 5.00 Å². The molecule has 2 rings (SSSR count). The first-order chi connectivity index (χ1) is 8.97. The Morgan fingerprint density at radius 1 is 1.37 bits per heavy atom. The summed E-state index contributed by atoms with van der Waals surface area (Å²) in [6, 6.07) is 6.47. The maximum absolute atomic E-state index is 13.1. The second-order valence-corrected chi connectivity index (χ2v) is 5.39. The maximum atomic E-state index is 13.1. The number of benzene rings is 1. The van der Waals surface area contributed by atoms with Gasteiger partial charge in [0.1, 0.15) is 5.82 Å². The van der Waals surface area contributed by atoms with Crippen molar-refractivity contribution in [2.75, 3.05) is 5.32 Å². The third-order valence-electron chi connectivity index (χ3n) is 2.17. The van der Waals surface area contributed by atoms with Crippen LogP contribution in [-0.2, 0) is 0 Å². The number of amides is 1. The van der Waals surface area contributed by atoms with Crippen molar-refractivity contribution < 1.29 is 14.1 Å². The number of carbonyl (C=O) groups is 1. The molecule has 0 saturated carbocycles. The highest BCUT2D eigenvalue weighted by molar-refractivity contribution is 9.10. The zero-order valence-electron chi connectivity index (χ0n) is 9.22. The van der Waals surface area contributed by atoms with Crippen molar-refractivity contribution in [2.45, 2.75) is 0 Å². The average molecular weight is 345 g/mol. The van der Waals surface area contributed by atoms with Crippen LogP contribution in [0.1, 0.15) is 9.67 Å². The van der Waals surface area contributed by atoms with Crippen LogP contribution >= 0.6 is 27.3 Å². The van der Waals surface area contributed by atoms with Crippen molar-refractivity contribution in [3.63, 3.8) is 0 Å². The fourth-order valence-electron chi connectivity index (χ4n) is 1.33. The molecular formula is C11H6BrFN2O3S. The quantitative estimate of drug-likeness (QED) is 0.679. The van der Waals surface area contributed by atoms with Crippen molar-refractivity contribution in [3.05, 3.63) is 55.6 Å². The van der Waals surface area contributed by atoms with E-state index in [1.807, 2.05) is 0 Å². The van der Waals surface area contributed by atoms with Crippen molar-refractivity contribution in [2.24, 2.45) is 0 Å². The number of nitro groups is 1. The summed E-state index contributed by atoms with van der Waals surface area (Å²) in [5.41, 5.74) is 0.265. The highest BCUT2D eigenvalue weighted by Crippen LogP contribution is 2.27. The predicted molar refractivity (Wildman–Crippen MR) is 73.0 cm³/mol. The van der Waals surface area contributed by atoms with Crippen LogP contribution in [-0.4, -0.2) is 10.8 Å². The third-order valence-corrected chi connectivity index (χ3v) is 3.90. The van der Waals surface area contributed by atoms with E-state index in [9.17, 15) is 19.3 Å². The van der Waals surface area contributed by atoms with Gasteiger partial charge in [0.05, 0.1) is 15.5 Å². The highest BCUT2D eigenvalue weighted by atomic mass is 79.9. The molecule has 19 heavy (non-hydrogen) atoms. The van der Waals surface area contributed by atoms with E-state index in [0.717, 1.165) is 17.4 Å². The molecule has 0 aliphatic rings. The number of halogens is 2. The van der Waals surface area contributed by atoms with Gasteiger partial charge in [-0.05, 0) is 40.2 Å². The standard InChI is InChI=1S/C11H6BrFN2O3S/c12-7-2-1-6(13)5-8(7)14-11(16)9-3-4-10(19-9)15(17)18/h1-5H,(H,14,16). The number of hydrogen-bond acceptors (Lipinski definition) is 4. The molecule has 0 saturated heterocycles. The fraction of sp³-hybridized carbons (Fsp3) is 0. The van der Waals surface area contributed by atoms with Crippen molar-refractivity contribution in [3.8, 4) is 0 Å². The number of anilines is 1. The van der Waals surface area contributed by atoms with Gasteiger partial charge in [-0.1, -0.05) is 11.3 Å². The lowest BCUT2D eigenvalue weighted by Crippen LogP contribution is -2.10. The van der Waals surface area contributed by atoms with E-state index in [1.54, 1.807) is 0 Å². The maximum Gasteiger partial charge on any atom is 0.324 e. The molecule has 1 aromatic carbocycles. The average Bonchev–Trinajstić information content (AvgIpc) is 2.83. The van der Waals surface area contributed by atoms with Crippen LogP contribution in [0.2, 0.25) is 0 Å². The molecule has 8 heteroatoms. The first-order valence-electron chi connectivity index (χ1n) is 4.98. The summed E-state index contributed by atoms with van der Waals surface area (Å²) in [7, 11) is 0. The van der Waals surface area contributed by atoms with Crippen LogP contribution in [0.15, 0.2) is 34.8 Å². The lowest BCUT2D eigenvalue weighted by atomic mass is 10.3. The summed E-state index contributed by atoms with van der Waals surface area (Å²) < 4.78 is 13.6. The molecular weight excluding hydrogens is 339 g/mol. The van der Waals surface area contributed by atoms with Gasteiger partial charge in [0, 0.05) is 10.5 Å². The third kappa shape index (κ3) is 3.15. The first-order valence-corrected chi connectivity index (χ1v) is 6.59. The van der Waals surface area contributed by atoms with Crippen molar-refractivity contribution >= 4 is 43.9 Å². The number of thiophene rings is 1. The summed E-state index contributed by atoms with van der Waals surface area (Å²) in [4.78, 5) is 22.0. The molecule has 0 radical (unpaired) electrons. The summed E-state index contributed by atoms with van der Waals surface area (Å²) in [5, 5.41) is 12.9. The summed E-state index contributed by atoms with van der Waals surface area (Å²) in [6.07, 6.45) is 0. The summed E-state index contributed by atoms with van der Waals surface area (Å²) >= 11 is 3.93. The lowest BCUT2D eigenvalue weighted by Gasteiger charge is -2.05. The Bertz CT molecular complexity index is 659. The second-order valence-electron chi connectivity index (χ2n) is 3.47. The van der Waals surface area contributed by atoms with E-state index in [0.29, 0.717) is 4.47 Å². The van der Waals surface area contributed by atoms with E-state index in [-0.39, 0.29) is 15.6 Å². The topological polar surface area (TPSA) is 72.2 Å². The van der Waals surface area contributed by atoms with Crippen LogP contribution in [0.3, 0.4) is 0 Å². The normalized spacial score (nSPS) is 10.2. The molecule has 0 spiro atoms. The molecule has 0 bridgehead atoms. The highest BCUT2D eigenvalue weighted by Gasteiger charge is 2.16. The van der Waals surface area contributed by atoms with Gasteiger partial charge in [0.15, 0.2) is 0 Å². The van der Waals surface area contributed by atoms with Crippen LogP contribution < -0.4 is 5.32 Å². The van der Waals surface area contributed by atoms with E-state index in [4.69, 9.17) is 0 Å². The van der Waals surface area contributed by atoms with Gasteiger partial charge in [-0.3, -0.25) is 14.9 Å². The van der Waals surface area contributed by atoms with Gasteiger partial charge in [-0.15, -0.1) is 0 Å². The minimum Gasteiger partial charge on any atom is -0.320 e.